The Bertz CT molecular complexity index is 932. The SMILES string of the molecule is Cc1cccc(NC(=O)c2ccc(NC(=O)c3ccc(N)cc3)cc2)c1. The van der Waals surface area contributed by atoms with Gasteiger partial charge in [0.2, 0.25) is 0 Å². The van der Waals surface area contributed by atoms with Crippen LogP contribution in [0.15, 0.2) is 72.8 Å². The number of aryl methyl sites for hydroxylation is 1. The highest BCUT2D eigenvalue weighted by molar-refractivity contribution is 6.06. The third kappa shape index (κ3) is 4.27. The van der Waals surface area contributed by atoms with Crippen LogP contribution in [0, 0.1) is 6.92 Å². The minimum absolute atomic E-state index is 0.202. The van der Waals surface area contributed by atoms with E-state index >= 15 is 0 Å². The zero-order chi connectivity index (χ0) is 18.5. The van der Waals surface area contributed by atoms with Crippen molar-refractivity contribution in [2.45, 2.75) is 6.92 Å². The van der Waals surface area contributed by atoms with Crippen molar-refractivity contribution < 1.29 is 9.59 Å². The van der Waals surface area contributed by atoms with Gasteiger partial charge in [0.05, 0.1) is 0 Å². The van der Waals surface area contributed by atoms with Crippen molar-refractivity contribution in [3.63, 3.8) is 0 Å². The van der Waals surface area contributed by atoms with Crippen molar-refractivity contribution in [3.8, 4) is 0 Å². The summed E-state index contributed by atoms with van der Waals surface area (Å²) in [7, 11) is 0. The number of benzene rings is 3. The molecule has 0 aromatic heterocycles. The number of rotatable bonds is 4. The number of hydrogen-bond acceptors (Lipinski definition) is 3. The van der Waals surface area contributed by atoms with Crippen LogP contribution in [-0.2, 0) is 0 Å². The molecule has 0 radical (unpaired) electrons. The molecule has 26 heavy (non-hydrogen) atoms. The van der Waals surface area contributed by atoms with E-state index in [0.29, 0.717) is 22.5 Å². The number of carbonyl (C=O) groups excluding carboxylic acids is 2. The molecular formula is C21H19N3O2. The Morgan fingerprint density at radius 3 is 1.85 bits per heavy atom. The molecule has 0 spiro atoms. The monoisotopic (exact) mass is 345 g/mol. The van der Waals surface area contributed by atoms with Crippen LogP contribution in [0.2, 0.25) is 0 Å². The molecule has 0 unspecified atom stereocenters. The normalized spacial score (nSPS) is 10.2. The van der Waals surface area contributed by atoms with E-state index < -0.39 is 0 Å². The first kappa shape index (κ1) is 17.2. The molecule has 0 aliphatic heterocycles. The first-order valence-corrected chi connectivity index (χ1v) is 8.16. The van der Waals surface area contributed by atoms with Gasteiger partial charge in [0, 0.05) is 28.2 Å². The molecule has 130 valence electrons. The summed E-state index contributed by atoms with van der Waals surface area (Å²) < 4.78 is 0. The molecule has 2 amide bonds. The minimum atomic E-state index is -0.234. The van der Waals surface area contributed by atoms with Crippen LogP contribution in [0.4, 0.5) is 17.1 Å². The van der Waals surface area contributed by atoms with E-state index in [-0.39, 0.29) is 11.8 Å². The summed E-state index contributed by atoms with van der Waals surface area (Å²) in [6, 6.07) is 21.0. The first-order chi connectivity index (χ1) is 12.5. The fourth-order valence-corrected chi connectivity index (χ4v) is 2.47. The van der Waals surface area contributed by atoms with Gasteiger partial charge in [0.1, 0.15) is 0 Å². The second-order valence-electron chi connectivity index (χ2n) is 5.98. The van der Waals surface area contributed by atoms with Crippen molar-refractivity contribution in [2.24, 2.45) is 0 Å². The molecule has 0 atom stereocenters. The van der Waals surface area contributed by atoms with Gasteiger partial charge < -0.3 is 16.4 Å². The molecule has 0 fully saturated rings. The van der Waals surface area contributed by atoms with Gasteiger partial charge in [-0.1, -0.05) is 12.1 Å². The fraction of sp³-hybridized carbons (Fsp3) is 0.0476. The second-order valence-corrected chi connectivity index (χ2v) is 5.98. The predicted molar refractivity (Wildman–Crippen MR) is 104 cm³/mol. The molecule has 0 bridgehead atoms. The molecule has 5 nitrogen and oxygen atoms in total. The minimum Gasteiger partial charge on any atom is -0.399 e. The van der Waals surface area contributed by atoms with Crippen molar-refractivity contribution in [1.29, 1.82) is 0 Å². The van der Waals surface area contributed by atoms with Gasteiger partial charge in [-0.25, -0.2) is 0 Å². The highest BCUT2D eigenvalue weighted by Gasteiger charge is 2.08. The van der Waals surface area contributed by atoms with Gasteiger partial charge in [0.25, 0.3) is 11.8 Å². The van der Waals surface area contributed by atoms with E-state index in [0.717, 1.165) is 11.3 Å². The molecule has 5 heteroatoms. The van der Waals surface area contributed by atoms with Gasteiger partial charge in [-0.15, -0.1) is 0 Å². The first-order valence-electron chi connectivity index (χ1n) is 8.16. The largest absolute Gasteiger partial charge is 0.399 e. The Kier molecular flexibility index (Phi) is 4.99. The molecule has 3 rings (SSSR count). The highest BCUT2D eigenvalue weighted by Crippen LogP contribution is 2.15. The lowest BCUT2D eigenvalue weighted by Crippen LogP contribution is -2.13. The Labute approximate surface area is 151 Å². The van der Waals surface area contributed by atoms with Crippen LogP contribution in [-0.4, -0.2) is 11.8 Å². The molecule has 0 aliphatic rings. The lowest BCUT2D eigenvalue weighted by Gasteiger charge is -2.08. The van der Waals surface area contributed by atoms with E-state index in [1.54, 1.807) is 48.5 Å². The second kappa shape index (κ2) is 7.53. The fourth-order valence-electron chi connectivity index (χ4n) is 2.47. The molecule has 0 heterocycles. The third-order valence-corrected chi connectivity index (χ3v) is 3.85. The van der Waals surface area contributed by atoms with Crippen LogP contribution >= 0.6 is 0 Å². The van der Waals surface area contributed by atoms with Crippen molar-refractivity contribution >= 4 is 28.9 Å². The van der Waals surface area contributed by atoms with E-state index in [1.165, 1.54) is 0 Å². The smallest absolute Gasteiger partial charge is 0.255 e. The molecular weight excluding hydrogens is 326 g/mol. The zero-order valence-electron chi connectivity index (χ0n) is 14.3. The van der Waals surface area contributed by atoms with E-state index in [9.17, 15) is 9.59 Å². The number of nitrogens with one attached hydrogen (secondary N) is 2. The summed E-state index contributed by atoms with van der Waals surface area (Å²) >= 11 is 0. The van der Waals surface area contributed by atoms with E-state index in [2.05, 4.69) is 10.6 Å². The average molecular weight is 345 g/mol. The van der Waals surface area contributed by atoms with Gasteiger partial charge >= 0.3 is 0 Å². The van der Waals surface area contributed by atoms with Crippen molar-refractivity contribution in [2.75, 3.05) is 16.4 Å². The van der Waals surface area contributed by atoms with Gasteiger partial charge in [0.15, 0.2) is 0 Å². The van der Waals surface area contributed by atoms with Gasteiger partial charge in [-0.3, -0.25) is 9.59 Å². The molecule has 0 saturated heterocycles. The summed E-state index contributed by atoms with van der Waals surface area (Å²) in [5.41, 5.74) is 9.67. The Morgan fingerprint density at radius 1 is 0.731 bits per heavy atom. The number of hydrogen-bond donors (Lipinski definition) is 3. The standard InChI is InChI=1S/C21H19N3O2/c1-14-3-2-4-19(13-14)24-21(26)16-7-11-18(12-8-16)23-20(25)15-5-9-17(22)10-6-15/h2-13H,22H2,1H3,(H,23,25)(H,24,26). The zero-order valence-corrected chi connectivity index (χ0v) is 14.3. The summed E-state index contributed by atoms with van der Waals surface area (Å²) in [6.45, 7) is 1.97. The number of carbonyl (C=O) groups is 2. The van der Waals surface area contributed by atoms with Crippen LogP contribution < -0.4 is 16.4 Å². The molecule has 3 aromatic rings. The highest BCUT2D eigenvalue weighted by atomic mass is 16.2. The predicted octanol–water partition coefficient (Wildman–Crippen LogP) is 4.08. The van der Waals surface area contributed by atoms with Crippen LogP contribution in [0.1, 0.15) is 26.3 Å². The number of anilines is 3. The van der Waals surface area contributed by atoms with Gasteiger partial charge in [-0.2, -0.15) is 0 Å². The van der Waals surface area contributed by atoms with E-state index in [1.807, 2.05) is 31.2 Å². The van der Waals surface area contributed by atoms with Crippen LogP contribution in [0.25, 0.3) is 0 Å². The van der Waals surface area contributed by atoms with E-state index in [4.69, 9.17) is 5.73 Å². The maximum absolute atomic E-state index is 12.3. The number of nitrogens with two attached hydrogens (primary N) is 1. The lowest BCUT2D eigenvalue weighted by atomic mass is 10.1. The third-order valence-electron chi connectivity index (χ3n) is 3.85. The van der Waals surface area contributed by atoms with Crippen LogP contribution in [0.3, 0.4) is 0 Å². The average Bonchev–Trinajstić information content (AvgIpc) is 2.63. The maximum atomic E-state index is 12.3. The quantitative estimate of drug-likeness (QED) is 0.623. The Hall–Kier alpha value is -3.60. The van der Waals surface area contributed by atoms with Crippen molar-refractivity contribution in [1.82, 2.24) is 0 Å². The van der Waals surface area contributed by atoms with Crippen molar-refractivity contribution in [3.05, 3.63) is 89.5 Å². The van der Waals surface area contributed by atoms with Gasteiger partial charge in [-0.05, 0) is 73.2 Å². The Balaban J connectivity index is 1.65. The van der Waals surface area contributed by atoms with Crippen LogP contribution in [0.5, 0.6) is 0 Å². The summed E-state index contributed by atoms with van der Waals surface area (Å²) in [6.07, 6.45) is 0. The summed E-state index contributed by atoms with van der Waals surface area (Å²) in [5.74, 6) is -0.436. The summed E-state index contributed by atoms with van der Waals surface area (Å²) in [5, 5.41) is 5.64. The maximum Gasteiger partial charge on any atom is 0.255 e. The lowest BCUT2D eigenvalue weighted by molar-refractivity contribution is 0.102. The Morgan fingerprint density at radius 2 is 1.27 bits per heavy atom. The number of amides is 2. The molecule has 4 N–H and O–H groups in total. The molecule has 3 aromatic carbocycles. The molecule has 0 aliphatic carbocycles. The number of nitrogen functional groups attached to an aromatic ring is 1. The molecule has 0 saturated carbocycles. The summed E-state index contributed by atoms with van der Waals surface area (Å²) in [4.78, 5) is 24.5. The topological polar surface area (TPSA) is 84.2 Å².